The van der Waals surface area contributed by atoms with E-state index in [2.05, 4.69) is 5.32 Å². The van der Waals surface area contributed by atoms with Gasteiger partial charge in [-0.3, -0.25) is 4.79 Å². The van der Waals surface area contributed by atoms with Crippen molar-refractivity contribution in [1.29, 1.82) is 0 Å². The summed E-state index contributed by atoms with van der Waals surface area (Å²) in [5, 5.41) is 5.09. The number of nitrogens with one attached hydrogen (secondary N) is 1. The van der Waals surface area contributed by atoms with Gasteiger partial charge in [-0.1, -0.05) is 48.5 Å². The van der Waals surface area contributed by atoms with Crippen molar-refractivity contribution in [2.45, 2.75) is 0 Å². The van der Waals surface area contributed by atoms with Crippen LogP contribution in [0.3, 0.4) is 0 Å². The van der Waals surface area contributed by atoms with Gasteiger partial charge in [0.25, 0.3) is 5.91 Å². The van der Waals surface area contributed by atoms with Crippen molar-refractivity contribution in [3.63, 3.8) is 0 Å². The van der Waals surface area contributed by atoms with Crippen molar-refractivity contribution in [2.75, 3.05) is 11.9 Å². The zero-order chi connectivity index (χ0) is 14.5. The lowest BCUT2D eigenvalue weighted by atomic mass is 10.1. The number of hydrogen-bond donors (Lipinski definition) is 1. The number of carbonyl (C=O) groups excluding carboxylic acids is 1. The lowest BCUT2D eigenvalue weighted by molar-refractivity contribution is -0.118. The molecule has 0 aliphatic heterocycles. The van der Waals surface area contributed by atoms with E-state index in [0.29, 0.717) is 5.75 Å². The van der Waals surface area contributed by atoms with Crippen molar-refractivity contribution >= 4 is 22.4 Å². The molecule has 3 heteroatoms. The van der Waals surface area contributed by atoms with Crippen LogP contribution >= 0.6 is 0 Å². The highest BCUT2D eigenvalue weighted by atomic mass is 16.5. The summed E-state index contributed by atoms with van der Waals surface area (Å²) in [4.78, 5) is 11.9. The van der Waals surface area contributed by atoms with E-state index in [1.165, 1.54) is 0 Å². The normalized spacial score (nSPS) is 10.3. The van der Waals surface area contributed by atoms with E-state index < -0.39 is 0 Å². The molecule has 0 aromatic heterocycles. The minimum Gasteiger partial charge on any atom is -0.484 e. The van der Waals surface area contributed by atoms with Gasteiger partial charge in [0.15, 0.2) is 6.61 Å². The van der Waals surface area contributed by atoms with Crippen LogP contribution in [-0.4, -0.2) is 12.5 Å². The molecule has 0 radical (unpaired) electrons. The van der Waals surface area contributed by atoms with E-state index in [0.717, 1.165) is 16.5 Å². The molecular formula is C18H15NO2. The predicted molar refractivity (Wildman–Crippen MR) is 84.5 cm³/mol. The molecule has 0 saturated heterocycles. The molecule has 0 heterocycles. The third kappa shape index (κ3) is 3.39. The first-order valence-corrected chi connectivity index (χ1v) is 6.78. The molecule has 0 spiro atoms. The molecule has 21 heavy (non-hydrogen) atoms. The Morgan fingerprint density at radius 3 is 2.38 bits per heavy atom. The second kappa shape index (κ2) is 6.09. The van der Waals surface area contributed by atoms with Crippen LogP contribution in [0, 0.1) is 0 Å². The second-order valence-electron chi connectivity index (χ2n) is 4.71. The summed E-state index contributed by atoms with van der Waals surface area (Å²) >= 11 is 0. The molecule has 3 nitrogen and oxygen atoms in total. The lowest BCUT2D eigenvalue weighted by Crippen LogP contribution is -2.20. The van der Waals surface area contributed by atoms with Gasteiger partial charge in [-0.25, -0.2) is 0 Å². The van der Waals surface area contributed by atoms with Gasteiger partial charge in [0.1, 0.15) is 5.75 Å². The van der Waals surface area contributed by atoms with Crippen molar-refractivity contribution in [3.8, 4) is 5.75 Å². The minimum absolute atomic E-state index is 0.00313. The highest BCUT2D eigenvalue weighted by molar-refractivity contribution is 5.95. The van der Waals surface area contributed by atoms with E-state index in [1.54, 1.807) is 0 Å². The van der Waals surface area contributed by atoms with Gasteiger partial charge >= 0.3 is 0 Å². The maximum atomic E-state index is 11.9. The van der Waals surface area contributed by atoms with Crippen LogP contribution in [0.2, 0.25) is 0 Å². The van der Waals surface area contributed by atoms with E-state index in [1.807, 2.05) is 72.8 Å². The van der Waals surface area contributed by atoms with Crippen molar-refractivity contribution in [1.82, 2.24) is 0 Å². The summed E-state index contributed by atoms with van der Waals surface area (Å²) in [7, 11) is 0. The maximum absolute atomic E-state index is 11.9. The second-order valence-corrected chi connectivity index (χ2v) is 4.71. The summed E-state index contributed by atoms with van der Waals surface area (Å²) in [5.74, 6) is 0.514. The van der Waals surface area contributed by atoms with Gasteiger partial charge in [-0.2, -0.15) is 0 Å². The number of anilines is 1. The van der Waals surface area contributed by atoms with Gasteiger partial charge in [0.2, 0.25) is 0 Å². The van der Waals surface area contributed by atoms with Gasteiger partial charge in [0, 0.05) is 5.69 Å². The summed E-state index contributed by atoms with van der Waals surface area (Å²) in [6, 6.07) is 23.2. The Hall–Kier alpha value is -2.81. The summed E-state index contributed by atoms with van der Waals surface area (Å²) in [6.07, 6.45) is 0. The zero-order valence-corrected chi connectivity index (χ0v) is 11.5. The SMILES string of the molecule is O=C(COc1ccccc1)Nc1ccc2ccccc2c1. The van der Waals surface area contributed by atoms with Crippen LogP contribution < -0.4 is 10.1 Å². The monoisotopic (exact) mass is 277 g/mol. The molecule has 0 atom stereocenters. The molecule has 1 amide bonds. The topological polar surface area (TPSA) is 38.3 Å². The largest absolute Gasteiger partial charge is 0.484 e. The molecule has 0 saturated carbocycles. The number of hydrogen-bond acceptors (Lipinski definition) is 2. The first-order chi connectivity index (χ1) is 10.3. The molecular weight excluding hydrogens is 262 g/mol. The van der Waals surface area contributed by atoms with Crippen LogP contribution in [0.4, 0.5) is 5.69 Å². The number of ether oxygens (including phenoxy) is 1. The molecule has 0 bridgehead atoms. The van der Waals surface area contributed by atoms with Crippen molar-refractivity contribution in [3.05, 3.63) is 72.8 Å². The van der Waals surface area contributed by atoms with E-state index >= 15 is 0 Å². The van der Waals surface area contributed by atoms with E-state index in [4.69, 9.17) is 4.74 Å². The maximum Gasteiger partial charge on any atom is 0.262 e. The van der Waals surface area contributed by atoms with Crippen LogP contribution in [0.25, 0.3) is 10.8 Å². The van der Waals surface area contributed by atoms with Gasteiger partial charge in [-0.05, 0) is 35.0 Å². The van der Waals surface area contributed by atoms with Crippen molar-refractivity contribution < 1.29 is 9.53 Å². The quantitative estimate of drug-likeness (QED) is 0.786. The van der Waals surface area contributed by atoms with Crippen LogP contribution in [-0.2, 0) is 4.79 Å². The molecule has 1 N–H and O–H groups in total. The molecule has 0 fully saturated rings. The number of para-hydroxylation sites is 1. The molecule has 3 aromatic carbocycles. The average Bonchev–Trinajstić information content (AvgIpc) is 2.54. The minimum atomic E-state index is -0.172. The lowest BCUT2D eigenvalue weighted by Gasteiger charge is -2.08. The van der Waals surface area contributed by atoms with Crippen LogP contribution in [0.5, 0.6) is 5.75 Å². The fourth-order valence-corrected chi connectivity index (χ4v) is 2.13. The smallest absolute Gasteiger partial charge is 0.262 e. The Bertz CT molecular complexity index is 753. The fourth-order valence-electron chi connectivity index (χ4n) is 2.13. The zero-order valence-electron chi connectivity index (χ0n) is 11.5. The number of amides is 1. The van der Waals surface area contributed by atoms with Crippen LogP contribution in [0.15, 0.2) is 72.8 Å². The van der Waals surface area contributed by atoms with Gasteiger partial charge < -0.3 is 10.1 Å². The molecule has 3 aromatic rings. The van der Waals surface area contributed by atoms with Crippen LogP contribution in [0.1, 0.15) is 0 Å². The first kappa shape index (κ1) is 13.2. The molecule has 104 valence electrons. The molecule has 0 aliphatic carbocycles. The number of rotatable bonds is 4. The fraction of sp³-hybridized carbons (Fsp3) is 0.0556. The highest BCUT2D eigenvalue weighted by Gasteiger charge is 2.04. The standard InChI is InChI=1S/C18H15NO2/c20-18(13-21-17-8-2-1-3-9-17)19-16-11-10-14-6-4-5-7-15(14)12-16/h1-12H,13H2,(H,19,20). The van der Waals surface area contributed by atoms with E-state index in [9.17, 15) is 4.79 Å². The highest BCUT2D eigenvalue weighted by Crippen LogP contribution is 2.18. The molecule has 3 rings (SSSR count). The Morgan fingerprint density at radius 2 is 1.57 bits per heavy atom. The Kier molecular flexibility index (Phi) is 3.83. The third-order valence-corrected chi connectivity index (χ3v) is 3.15. The number of fused-ring (bicyclic) bond motifs is 1. The average molecular weight is 277 g/mol. The Labute approximate surface area is 123 Å². The third-order valence-electron chi connectivity index (χ3n) is 3.15. The van der Waals surface area contributed by atoms with Gasteiger partial charge in [0.05, 0.1) is 0 Å². The molecule has 0 aliphatic rings. The van der Waals surface area contributed by atoms with Gasteiger partial charge in [-0.15, -0.1) is 0 Å². The number of benzene rings is 3. The van der Waals surface area contributed by atoms with E-state index in [-0.39, 0.29) is 12.5 Å². The Morgan fingerprint density at radius 1 is 0.857 bits per heavy atom. The number of carbonyl (C=O) groups is 1. The summed E-state index contributed by atoms with van der Waals surface area (Å²) < 4.78 is 5.42. The van der Waals surface area contributed by atoms with Crippen molar-refractivity contribution in [2.24, 2.45) is 0 Å². The Balaban J connectivity index is 1.63. The molecule has 0 unspecified atom stereocenters. The first-order valence-electron chi connectivity index (χ1n) is 6.78. The summed E-state index contributed by atoms with van der Waals surface area (Å²) in [5.41, 5.74) is 0.773. The summed E-state index contributed by atoms with van der Waals surface area (Å²) in [6.45, 7) is -0.00313. The predicted octanol–water partition coefficient (Wildman–Crippen LogP) is 3.86.